The Hall–Kier alpha value is -2.95. The van der Waals surface area contributed by atoms with Crippen LogP contribution < -0.4 is 10.6 Å². The van der Waals surface area contributed by atoms with E-state index in [1.54, 1.807) is 25.3 Å². The molecule has 0 radical (unpaired) electrons. The number of hydrogen-bond acceptors (Lipinski definition) is 4. The summed E-state index contributed by atoms with van der Waals surface area (Å²) in [6.45, 7) is 5.68. The Labute approximate surface area is 195 Å². The number of alkyl halides is 1. The monoisotopic (exact) mass is 483 g/mol. The zero-order valence-electron chi connectivity index (χ0n) is 19.6. The minimum Gasteiger partial charge on any atom is -0.352 e. The van der Waals surface area contributed by atoms with E-state index in [9.17, 15) is 27.2 Å². The number of amides is 2. The third-order valence-electron chi connectivity index (χ3n) is 5.68. The number of carbonyl (C=O) groups is 2. The van der Waals surface area contributed by atoms with E-state index in [1.807, 2.05) is 11.9 Å². The Morgan fingerprint density at radius 2 is 1.79 bits per heavy atom. The fraction of sp³-hybridized carbons (Fsp3) is 0.522. The van der Waals surface area contributed by atoms with Crippen LogP contribution in [0.5, 0.6) is 0 Å². The Bertz CT molecular complexity index is 1080. The molecular formula is C23H29F4N5O2. The van der Waals surface area contributed by atoms with Crippen molar-refractivity contribution in [3.05, 3.63) is 41.0 Å². The Kier molecular flexibility index (Phi) is 7.64. The number of nitrogens with zero attached hydrogens (tertiary/aromatic N) is 3. The molecule has 1 atom stereocenters. The number of fused-ring (bicyclic) bond motifs is 1. The Morgan fingerprint density at radius 1 is 1.12 bits per heavy atom. The molecule has 1 aromatic carbocycles. The Balaban J connectivity index is 2.06. The first-order valence-corrected chi connectivity index (χ1v) is 11.0. The maximum Gasteiger partial charge on any atom is 0.272 e. The molecule has 7 nitrogen and oxygen atoms in total. The largest absolute Gasteiger partial charge is 0.352 e. The smallest absolute Gasteiger partial charge is 0.272 e. The molecule has 1 aromatic heterocycles. The van der Waals surface area contributed by atoms with Gasteiger partial charge in [0, 0.05) is 25.7 Å². The maximum absolute atomic E-state index is 14.6. The number of nitrogens with one attached hydrogen (secondary N) is 2. The lowest BCUT2D eigenvalue weighted by Crippen LogP contribution is -2.54. The highest BCUT2D eigenvalue weighted by molar-refractivity contribution is 5.98. The van der Waals surface area contributed by atoms with Crippen molar-refractivity contribution in [3.8, 4) is 11.4 Å². The number of benzene rings is 1. The summed E-state index contributed by atoms with van der Waals surface area (Å²) < 4.78 is 56.2. The number of imidazole rings is 1. The average Bonchev–Trinajstić information content (AvgIpc) is 2.97. The van der Waals surface area contributed by atoms with E-state index < -0.39 is 47.4 Å². The van der Waals surface area contributed by atoms with Crippen LogP contribution in [0, 0.1) is 22.9 Å². The molecule has 1 unspecified atom stereocenters. The van der Waals surface area contributed by atoms with E-state index in [0.717, 1.165) is 6.07 Å². The topological polar surface area (TPSA) is 79.3 Å². The zero-order valence-corrected chi connectivity index (χ0v) is 19.6. The van der Waals surface area contributed by atoms with Crippen LogP contribution in [0.3, 0.4) is 0 Å². The second-order valence-electron chi connectivity index (χ2n) is 9.47. The molecule has 1 aliphatic heterocycles. The van der Waals surface area contributed by atoms with Gasteiger partial charge in [-0.1, -0.05) is 20.8 Å². The summed E-state index contributed by atoms with van der Waals surface area (Å²) in [5.74, 6) is -4.79. The van der Waals surface area contributed by atoms with Crippen LogP contribution in [0.15, 0.2) is 12.1 Å². The van der Waals surface area contributed by atoms with Gasteiger partial charge >= 0.3 is 0 Å². The van der Waals surface area contributed by atoms with Gasteiger partial charge in [0.2, 0.25) is 5.91 Å². The molecule has 2 N–H and O–H groups in total. The van der Waals surface area contributed by atoms with Crippen LogP contribution in [-0.4, -0.2) is 59.1 Å². The standard InChI is InChI=1S/C23H29F4N5O2/c1-23(2,3)19(22(34)28-7-6-24)30-21(33)18-17-12-31(4)8-5-9-32(17)20(29-18)13-10-15(26)16(27)11-14(13)25/h10-11,19H,5-9,12H2,1-4H3,(H,28,34)(H,30,33). The van der Waals surface area contributed by atoms with Gasteiger partial charge in [-0.2, -0.15) is 0 Å². The summed E-state index contributed by atoms with van der Waals surface area (Å²) >= 11 is 0. The van der Waals surface area contributed by atoms with Gasteiger partial charge < -0.3 is 20.1 Å². The third kappa shape index (κ3) is 5.40. The van der Waals surface area contributed by atoms with Crippen molar-refractivity contribution in [1.29, 1.82) is 0 Å². The summed E-state index contributed by atoms with van der Waals surface area (Å²) in [6, 6.07) is 0.161. The molecular weight excluding hydrogens is 454 g/mol. The van der Waals surface area contributed by atoms with Crippen molar-refractivity contribution in [1.82, 2.24) is 25.1 Å². The second kappa shape index (κ2) is 10.1. The highest BCUT2D eigenvalue weighted by atomic mass is 19.2. The summed E-state index contributed by atoms with van der Waals surface area (Å²) in [7, 11) is 1.85. The summed E-state index contributed by atoms with van der Waals surface area (Å²) in [6.07, 6.45) is 0.662. The average molecular weight is 484 g/mol. The molecule has 0 saturated heterocycles. The highest BCUT2D eigenvalue weighted by Gasteiger charge is 2.35. The van der Waals surface area contributed by atoms with E-state index in [1.165, 1.54) is 0 Å². The predicted octanol–water partition coefficient (Wildman–Crippen LogP) is 3.03. The van der Waals surface area contributed by atoms with Crippen molar-refractivity contribution in [2.45, 2.75) is 46.3 Å². The highest BCUT2D eigenvalue weighted by Crippen LogP contribution is 2.30. The van der Waals surface area contributed by atoms with Crippen LogP contribution in [0.1, 0.15) is 43.4 Å². The molecule has 0 aliphatic carbocycles. The molecule has 2 aromatic rings. The van der Waals surface area contributed by atoms with E-state index in [2.05, 4.69) is 15.6 Å². The molecule has 11 heteroatoms. The fourth-order valence-corrected chi connectivity index (χ4v) is 3.95. The van der Waals surface area contributed by atoms with Gasteiger partial charge in [0.15, 0.2) is 17.3 Å². The maximum atomic E-state index is 14.6. The molecule has 34 heavy (non-hydrogen) atoms. The van der Waals surface area contributed by atoms with Crippen molar-refractivity contribution in [2.75, 3.05) is 26.8 Å². The van der Waals surface area contributed by atoms with Crippen LogP contribution in [0.2, 0.25) is 0 Å². The number of hydrogen-bond donors (Lipinski definition) is 2. The van der Waals surface area contributed by atoms with Crippen molar-refractivity contribution in [3.63, 3.8) is 0 Å². The number of rotatable bonds is 6. The van der Waals surface area contributed by atoms with E-state index in [0.29, 0.717) is 37.8 Å². The number of carbonyl (C=O) groups excluding carboxylic acids is 2. The summed E-state index contributed by atoms with van der Waals surface area (Å²) in [5.41, 5.74) is -0.552. The quantitative estimate of drug-likeness (QED) is 0.489. The van der Waals surface area contributed by atoms with Gasteiger partial charge in [0.05, 0.1) is 11.3 Å². The molecule has 0 fully saturated rings. The molecule has 1 aliphatic rings. The fourth-order valence-electron chi connectivity index (χ4n) is 3.95. The lowest BCUT2D eigenvalue weighted by molar-refractivity contribution is -0.125. The van der Waals surface area contributed by atoms with Crippen LogP contribution in [0.25, 0.3) is 11.4 Å². The lowest BCUT2D eigenvalue weighted by atomic mass is 9.86. The van der Waals surface area contributed by atoms with Gasteiger partial charge in [-0.15, -0.1) is 0 Å². The van der Waals surface area contributed by atoms with Crippen molar-refractivity contribution in [2.24, 2.45) is 5.41 Å². The van der Waals surface area contributed by atoms with Gasteiger partial charge in [-0.05, 0) is 31.5 Å². The normalized spacial score (nSPS) is 15.4. The van der Waals surface area contributed by atoms with Crippen molar-refractivity contribution < 1.29 is 27.2 Å². The molecule has 3 rings (SSSR count). The number of halogens is 4. The molecule has 2 heterocycles. The van der Waals surface area contributed by atoms with Gasteiger partial charge in [0.1, 0.15) is 24.4 Å². The van der Waals surface area contributed by atoms with Crippen molar-refractivity contribution >= 4 is 11.8 Å². The zero-order chi connectivity index (χ0) is 25.2. The number of aromatic nitrogens is 2. The van der Waals surface area contributed by atoms with Gasteiger partial charge in [-0.3, -0.25) is 9.59 Å². The lowest BCUT2D eigenvalue weighted by Gasteiger charge is -2.30. The van der Waals surface area contributed by atoms with Crippen LogP contribution in [-0.2, 0) is 17.9 Å². The first-order valence-electron chi connectivity index (χ1n) is 11.0. The molecule has 186 valence electrons. The first kappa shape index (κ1) is 25.7. The van der Waals surface area contributed by atoms with Crippen LogP contribution >= 0.6 is 0 Å². The Morgan fingerprint density at radius 3 is 2.44 bits per heavy atom. The first-order chi connectivity index (χ1) is 15.9. The SMILES string of the molecule is CN1CCCn2c(-c3cc(F)c(F)cc3F)nc(C(=O)NC(C(=O)NCCF)C(C)(C)C)c2C1. The molecule has 2 amide bonds. The minimum atomic E-state index is -1.33. The van der Waals surface area contributed by atoms with Crippen LogP contribution in [0.4, 0.5) is 17.6 Å². The summed E-state index contributed by atoms with van der Waals surface area (Å²) in [5, 5.41) is 5.11. The predicted molar refractivity (Wildman–Crippen MR) is 118 cm³/mol. The van der Waals surface area contributed by atoms with E-state index in [-0.39, 0.29) is 23.6 Å². The molecule has 0 spiro atoms. The van der Waals surface area contributed by atoms with Gasteiger partial charge in [0.25, 0.3) is 5.91 Å². The van der Waals surface area contributed by atoms with Gasteiger partial charge in [-0.25, -0.2) is 22.5 Å². The van der Waals surface area contributed by atoms with E-state index in [4.69, 9.17) is 0 Å². The molecule has 0 bridgehead atoms. The van der Waals surface area contributed by atoms with E-state index >= 15 is 0 Å². The molecule has 0 saturated carbocycles. The second-order valence-corrected chi connectivity index (χ2v) is 9.47. The minimum absolute atomic E-state index is 0.000962. The third-order valence-corrected chi connectivity index (χ3v) is 5.68. The summed E-state index contributed by atoms with van der Waals surface area (Å²) in [4.78, 5) is 32.2.